The first-order valence-electron chi connectivity index (χ1n) is 4.53. The lowest BCUT2D eigenvalue weighted by Gasteiger charge is -1.93. The third-order valence-electron chi connectivity index (χ3n) is 2.57. The van der Waals surface area contributed by atoms with Crippen LogP contribution in [-0.4, -0.2) is 14.8 Å². The van der Waals surface area contributed by atoms with E-state index in [-0.39, 0.29) is 0 Å². The van der Waals surface area contributed by atoms with Crippen LogP contribution in [0.3, 0.4) is 0 Å². The zero-order chi connectivity index (χ0) is 9.54. The summed E-state index contributed by atoms with van der Waals surface area (Å²) in [6, 6.07) is 10.3. The molecule has 3 rings (SSSR count). The number of nitrogens with zero attached hydrogens (tertiary/aromatic N) is 3. The van der Waals surface area contributed by atoms with Gasteiger partial charge in [0.2, 0.25) is 0 Å². The molecule has 0 N–H and O–H groups in total. The van der Waals surface area contributed by atoms with Crippen molar-refractivity contribution in [3.63, 3.8) is 0 Å². The van der Waals surface area contributed by atoms with Crippen LogP contribution in [0, 0.1) is 0 Å². The van der Waals surface area contributed by atoms with Crippen molar-refractivity contribution < 1.29 is 0 Å². The molecule has 0 radical (unpaired) electrons. The Morgan fingerprint density at radius 2 is 1.93 bits per heavy atom. The van der Waals surface area contributed by atoms with E-state index in [2.05, 4.69) is 26.9 Å². The van der Waals surface area contributed by atoms with Crippen LogP contribution < -0.4 is 0 Å². The molecule has 0 aliphatic heterocycles. The second-order valence-electron chi connectivity index (χ2n) is 3.34. The van der Waals surface area contributed by atoms with Gasteiger partial charge in [-0.1, -0.05) is 18.2 Å². The zero-order valence-corrected chi connectivity index (χ0v) is 7.81. The van der Waals surface area contributed by atoms with E-state index >= 15 is 0 Å². The van der Waals surface area contributed by atoms with Crippen molar-refractivity contribution in [2.24, 2.45) is 7.05 Å². The van der Waals surface area contributed by atoms with Crippen molar-refractivity contribution in [2.75, 3.05) is 0 Å². The van der Waals surface area contributed by atoms with Gasteiger partial charge in [-0.3, -0.25) is 0 Å². The van der Waals surface area contributed by atoms with Gasteiger partial charge in [0.25, 0.3) is 0 Å². The van der Waals surface area contributed by atoms with Crippen molar-refractivity contribution in [1.82, 2.24) is 14.8 Å². The summed E-state index contributed by atoms with van der Waals surface area (Å²) in [6.07, 6.45) is 1.73. The van der Waals surface area contributed by atoms with Gasteiger partial charge >= 0.3 is 0 Å². The van der Waals surface area contributed by atoms with Crippen LogP contribution in [0.25, 0.3) is 21.9 Å². The Kier molecular flexibility index (Phi) is 1.36. The molecule has 0 aliphatic carbocycles. The van der Waals surface area contributed by atoms with Crippen molar-refractivity contribution in [1.29, 1.82) is 0 Å². The Hall–Kier alpha value is -1.90. The monoisotopic (exact) mass is 183 g/mol. The lowest BCUT2D eigenvalue weighted by Crippen LogP contribution is -1.89. The van der Waals surface area contributed by atoms with E-state index in [1.807, 2.05) is 25.2 Å². The molecule has 3 aromatic rings. The second-order valence-corrected chi connectivity index (χ2v) is 3.34. The fraction of sp³-hybridized carbons (Fsp3) is 0.0909. The van der Waals surface area contributed by atoms with E-state index in [1.54, 1.807) is 6.20 Å². The van der Waals surface area contributed by atoms with Crippen LogP contribution in [0.2, 0.25) is 0 Å². The maximum absolute atomic E-state index is 4.13. The predicted octanol–water partition coefficient (Wildman–Crippen LogP) is 2.12. The molecule has 0 saturated heterocycles. The van der Waals surface area contributed by atoms with E-state index in [0.717, 1.165) is 11.0 Å². The molecule has 1 aromatic carbocycles. The predicted molar refractivity (Wildman–Crippen MR) is 56.0 cm³/mol. The number of para-hydroxylation sites is 1. The van der Waals surface area contributed by atoms with Crippen LogP contribution >= 0.6 is 0 Å². The molecule has 3 nitrogen and oxygen atoms in total. The van der Waals surface area contributed by atoms with E-state index in [4.69, 9.17) is 0 Å². The van der Waals surface area contributed by atoms with Crippen molar-refractivity contribution in [2.45, 2.75) is 0 Å². The molecule has 0 saturated carbocycles. The molecule has 68 valence electrons. The average Bonchev–Trinajstić information content (AvgIpc) is 2.55. The largest absolute Gasteiger partial charge is 0.327 e. The minimum absolute atomic E-state index is 0.939. The molecule has 0 unspecified atom stereocenters. The summed E-state index contributed by atoms with van der Waals surface area (Å²) >= 11 is 0. The first kappa shape index (κ1) is 7.50. The van der Waals surface area contributed by atoms with E-state index < -0.39 is 0 Å². The Morgan fingerprint density at radius 3 is 2.86 bits per heavy atom. The fourth-order valence-corrected chi connectivity index (χ4v) is 1.89. The van der Waals surface area contributed by atoms with Crippen LogP contribution in [0.5, 0.6) is 0 Å². The van der Waals surface area contributed by atoms with E-state index in [9.17, 15) is 0 Å². The van der Waals surface area contributed by atoms with Crippen LogP contribution in [0.1, 0.15) is 0 Å². The number of rotatable bonds is 0. The topological polar surface area (TPSA) is 30.7 Å². The Labute approximate surface area is 81.0 Å². The first-order chi connectivity index (χ1) is 6.88. The van der Waals surface area contributed by atoms with Gasteiger partial charge in [0, 0.05) is 17.8 Å². The van der Waals surface area contributed by atoms with Gasteiger partial charge in [0.1, 0.15) is 0 Å². The smallest absolute Gasteiger partial charge is 0.163 e. The first-order valence-corrected chi connectivity index (χ1v) is 4.53. The Morgan fingerprint density at radius 1 is 1.07 bits per heavy atom. The SMILES string of the molecule is Cn1c2ccccc2c2ccnnc21. The molecule has 0 fully saturated rings. The summed E-state index contributed by atoms with van der Waals surface area (Å²) in [5.41, 5.74) is 2.14. The normalized spacial score (nSPS) is 11.2. The van der Waals surface area contributed by atoms with Gasteiger partial charge < -0.3 is 4.57 Å². The molecule has 0 amide bonds. The lowest BCUT2D eigenvalue weighted by molar-refractivity contribution is 0.947. The maximum atomic E-state index is 4.13. The van der Waals surface area contributed by atoms with Crippen LogP contribution in [0.4, 0.5) is 0 Å². The minimum atomic E-state index is 0.939. The highest BCUT2D eigenvalue weighted by Gasteiger charge is 2.06. The minimum Gasteiger partial charge on any atom is -0.327 e. The highest BCUT2D eigenvalue weighted by atomic mass is 15.2. The highest BCUT2D eigenvalue weighted by molar-refractivity contribution is 6.06. The number of hydrogen-bond acceptors (Lipinski definition) is 2. The summed E-state index contributed by atoms with van der Waals surface area (Å²) in [7, 11) is 2.01. The van der Waals surface area contributed by atoms with Crippen LogP contribution in [-0.2, 0) is 7.05 Å². The number of benzene rings is 1. The summed E-state index contributed by atoms with van der Waals surface area (Å²) in [4.78, 5) is 0. The van der Waals surface area contributed by atoms with Gasteiger partial charge in [-0.2, -0.15) is 5.10 Å². The third-order valence-corrected chi connectivity index (χ3v) is 2.57. The summed E-state index contributed by atoms with van der Waals surface area (Å²) in [6.45, 7) is 0. The number of aryl methyl sites for hydroxylation is 1. The van der Waals surface area contributed by atoms with Crippen molar-refractivity contribution in [3.8, 4) is 0 Å². The van der Waals surface area contributed by atoms with Gasteiger partial charge in [-0.05, 0) is 12.1 Å². The van der Waals surface area contributed by atoms with Crippen molar-refractivity contribution >= 4 is 21.9 Å². The standard InChI is InChI=1S/C11H9N3/c1-14-10-5-3-2-4-8(10)9-6-7-12-13-11(9)14/h2-7H,1H3. The third kappa shape index (κ3) is 0.812. The van der Waals surface area contributed by atoms with E-state index in [1.165, 1.54) is 10.9 Å². The molecular weight excluding hydrogens is 174 g/mol. The van der Waals surface area contributed by atoms with Crippen molar-refractivity contribution in [3.05, 3.63) is 36.5 Å². The second kappa shape index (κ2) is 2.54. The Balaban J connectivity index is 2.69. The molecule has 0 bridgehead atoms. The molecule has 2 heterocycles. The molecule has 0 aliphatic rings. The molecule has 0 atom stereocenters. The maximum Gasteiger partial charge on any atom is 0.163 e. The molecule has 2 aromatic heterocycles. The van der Waals surface area contributed by atoms with Gasteiger partial charge in [0.05, 0.1) is 11.7 Å². The molecule has 3 heteroatoms. The summed E-state index contributed by atoms with van der Waals surface area (Å²) in [5, 5.41) is 10.4. The molecule has 0 spiro atoms. The van der Waals surface area contributed by atoms with Gasteiger partial charge in [-0.15, -0.1) is 5.10 Å². The number of aromatic nitrogens is 3. The van der Waals surface area contributed by atoms with Crippen LogP contribution in [0.15, 0.2) is 36.5 Å². The lowest BCUT2D eigenvalue weighted by atomic mass is 10.2. The quantitative estimate of drug-likeness (QED) is 0.534. The number of hydrogen-bond donors (Lipinski definition) is 0. The molecule has 14 heavy (non-hydrogen) atoms. The summed E-state index contributed by atoms with van der Waals surface area (Å²) < 4.78 is 2.07. The van der Waals surface area contributed by atoms with Gasteiger partial charge in [0.15, 0.2) is 5.65 Å². The Bertz CT molecular complexity index is 557. The molecular formula is C11H9N3. The fourth-order valence-electron chi connectivity index (χ4n) is 1.89. The number of fused-ring (bicyclic) bond motifs is 3. The van der Waals surface area contributed by atoms with Gasteiger partial charge in [-0.25, -0.2) is 0 Å². The average molecular weight is 183 g/mol. The highest BCUT2D eigenvalue weighted by Crippen LogP contribution is 2.25. The summed E-state index contributed by atoms with van der Waals surface area (Å²) in [5.74, 6) is 0. The van der Waals surface area contributed by atoms with E-state index in [0.29, 0.717) is 0 Å². The zero-order valence-electron chi connectivity index (χ0n) is 7.81.